The average molecular weight is 314 g/mol. The number of hydrogen-bond donors (Lipinski definition) is 2. The Labute approximate surface area is 135 Å². The molecule has 2 N–H and O–H groups in total. The van der Waals surface area contributed by atoms with Crippen LogP contribution in [0.5, 0.6) is 0 Å². The topological polar surface area (TPSA) is 70.4 Å². The summed E-state index contributed by atoms with van der Waals surface area (Å²) >= 11 is 0. The zero-order chi connectivity index (χ0) is 16.2. The number of benzene rings is 1. The molecule has 2 heterocycles. The second-order valence-electron chi connectivity index (χ2n) is 5.89. The molecule has 2 atom stereocenters. The molecular weight excluding hydrogens is 292 g/mol. The van der Waals surface area contributed by atoms with Crippen molar-refractivity contribution in [1.82, 2.24) is 20.0 Å². The molecule has 1 saturated heterocycles. The second kappa shape index (κ2) is 6.83. The Balaban J connectivity index is 1.64. The number of aromatic nitrogens is 2. The molecule has 1 unspecified atom stereocenters. The van der Waals surface area contributed by atoms with Crippen LogP contribution in [0, 0.1) is 0 Å². The van der Waals surface area contributed by atoms with Crippen molar-refractivity contribution >= 4 is 6.03 Å². The highest BCUT2D eigenvalue weighted by Crippen LogP contribution is 2.19. The molecular formula is C17H22N4O2. The van der Waals surface area contributed by atoms with E-state index in [0.29, 0.717) is 6.54 Å². The van der Waals surface area contributed by atoms with Crippen molar-refractivity contribution in [3.63, 3.8) is 0 Å². The fourth-order valence-electron chi connectivity index (χ4n) is 2.98. The van der Waals surface area contributed by atoms with Gasteiger partial charge in [-0.25, -0.2) is 9.48 Å². The summed E-state index contributed by atoms with van der Waals surface area (Å²) < 4.78 is 1.79. The van der Waals surface area contributed by atoms with E-state index < -0.39 is 0 Å². The summed E-state index contributed by atoms with van der Waals surface area (Å²) in [5.74, 6) is 0. The zero-order valence-corrected chi connectivity index (χ0v) is 13.2. The van der Waals surface area contributed by atoms with E-state index in [1.165, 1.54) is 0 Å². The number of amides is 2. The summed E-state index contributed by atoms with van der Waals surface area (Å²) in [5, 5.41) is 16.5. The number of carbonyl (C=O) groups is 1. The van der Waals surface area contributed by atoms with E-state index in [4.69, 9.17) is 0 Å². The predicted octanol–water partition coefficient (Wildman–Crippen LogP) is 2.10. The predicted molar refractivity (Wildman–Crippen MR) is 87.3 cm³/mol. The normalized spacial score (nSPS) is 18.9. The van der Waals surface area contributed by atoms with Crippen LogP contribution in [0.4, 0.5) is 4.79 Å². The van der Waals surface area contributed by atoms with Crippen LogP contribution in [0.15, 0.2) is 42.7 Å². The van der Waals surface area contributed by atoms with E-state index in [1.54, 1.807) is 15.8 Å². The lowest BCUT2D eigenvalue weighted by molar-refractivity contribution is 0.155. The fourth-order valence-corrected chi connectivity index (χ4v) is 2.98. The van der Waals surface area contributed by atoms with Gasteiger partial charge in [-0.15, -0.1) is 0 Å². The molecule has 23 heavy (non-hydrogen) atoms. The number of aliphatic hydroxyl groups is 1. The molecule has 0 spiro atoms. The highest BCUT2D eigenvalue weighted by atomic mass is 16.3. The molecule has 6 heteroatoms. The Morgan fingerprint density at radius 3 is 2.87 bits per heavy atom. The SMILES string of the molecule is CC(NC(=O)N1CCC[C@H]1CO)c1ccc(-n2cccn2)cc1. The van der Waals surface area contributed by atoms with Crippen molar-refractivity contribution in [2.45, 2.75) is 31.8 Å². The molecule has 0 bridgehead atoms. The lowest BCUT2D eigenvalue weighted by Gasteiger charge is -2.25. The number of hydrogen-bond acceptors (Lipinski definition) is 3. The van der Waals surface area contributed by atoms with Crippen molar-refractivity contribution in [2.24, 2.45) is 0 Å². The summed E-state index contributed by atoms with van der Waals surface area (Å²) in [4.78, 5) is 14.1. The van der Waals surface area contributed by atoms with Crippen LogP contribution in [0.1, 0.15) is 31.4 Å². The molecule has 2 aromatic rings. The van der Waals surface area contributed by atoms with Crippen LogP contribution in [-0.4, -0.2) is 45.0 Å². The first-order chi connectivity index (χ1) is 11.2. The number of carbonyl (C=O) groups excluding carboxylic acids is 1. The van der Waals surface area contributed by atoms with Gasteiger partial charge in [0.25, 0.3) is 0 Å². The minimum Gasteiger partial charge on any atom is -0.394 e. The summed E-state index contributed by atoms with van der Waals surface area (Å²) in [6, 6.07) is 9.59. The molecule has 0 radical (unpaired) electrons. The molecule has 0 aliphatic carbocycles. The Hall–Kier alpha value is -2.34. The number of rotatable bonds is 4. The van der Waals surface area contributed by atoms with Crippen molar-refractivity contribution in [3.8, 4) is 5.69 Å². The van der Waals surface area contributed by atoms with Crippen molar-refractivity contribution in [2.75, 3.05) is 13.2 Å². The summed E-state index contributed by atoms with van der Waals surface area (Å²) in [6.07, 6.45) is 5.45. The Kier molecular flexibility index (Phi) is 4.62. The molecule has 122 valence electrons. The third-order valence-corrected chi connectivity index (χ3v) is 4.35. The molecule has 0 saturated carbocycles. The van der Waals surface area contributed by atoms with Crippen LogP contribution in [0.2, 0.25) is 0 Å². The van der Waals surface area contributed by atoms with Crippen LogP contribution in [0.25, 0.3) is 5.69 Å². The number of nitrogens with zero attached hydrogens (tertiary/aromatic N) is 3. The van der Waals surface area contributed by atoms with Gasteiger partial charge >= 0.3 is 6.03 Å². The van der Waals surface area contributed by atoms with Crippen LogP contribution >= 0.6 is 0 Å². The van der Waals surface area contributed by atoms with Crippen molar-refractivity contribution in [3.05, 3.63) is 48.3 Å². The second-order valence-corrected chi connectivity index (χ2v) is 5.89. The van der Waals surface area contributed by atoms with Gasteiger partial charge in [-0.1, -0.05) is 12.1 Å². The van der Waals surface area contributed by atoms with Crippen molar-refractivity contribution < 1.29 is 9.90 Å². The molecule has 1 aliphatic heterocycles. The number of urea groups is 1. The zero-order valence-electron chi connectivity index (χ0n) is 13.2. The minimum absolute atomic E-state index is 0.0281. The Morgan fingerprint density at radius 2 is 2.22 bits per heavy atom. The average Bonchev–Trinajstić information content (AvgIpc) is 3.26. The third-order valence-electron chi connectivity index (χ3n) is 4.35. The van der Waals surface area contributed by atoms with E-state index in [1.807, 2.05) is 43.5 Å². The maximum Gasteiger partial charge on any atom is 0.318 e. The van der Waals surface area contributed by atoms with E-state index >= 15 is 0 Å². The number of aliphatic hydroxyl groups excluding tert-OH is 1. The lowest BCUT2D eigenvalue weighted by Crippen LogP contribution is -2.44. The highest BCUT2D eigenvalue weighted by molar-refractivity contribution is 5.75. The summed E-state index contributed by atoms with van der Waals surface area (Å²) in [6.45, 7) is 2.70. The van der Waals surface area contributed by atoms with Gasteiger partial charge in [0.2, 0.25) is 0 Å². The van der Waals surface area contributed by atoms with Crippen LogP contribution in [0.3, 0.4) is 0 Å². The van der Waals surface area contributed by atoms with E-state index in [2.05, 4.69) is 10.4 Å². The van der Waals surface area contributed by atoms with E-state index in [0.717, 1.165) is 24.1 Å². The Bertz CT molecular complexity index is 639. The number of nitrogens with one attached hydrogen (secondary N) is 1. The van der Waals surface area contributed by atoms with Gasteiger partial charge in [0.1, 0.15) is 0 Å². The third kappa shape index (κ3) is 3.37. The monoisotopic (exact) mass is 314 g/mol. The maximum atomic E-state index is 12.3. The largest absolute Gasteiger partial charge is 0.394 e. The highest BCUT2D eigenvalue weighted by Gasteiger charge is 2.28. The molecule has 1 aliphatic rings. The Morgan fingerprint density at radius 1 is 1.43 bits per heavy atom. The summed E-state index contributed by atoms with van der Waals surface area (Å²) in [7, 11) is 0. The standard InChI is InChI=1S/C17H22N4O2/c1-13(19-17(23)20-10-2-4-16(20)12-22)14-5-7-15(8-6-14)21-11-3-9-18-21/h3,5-9,11,13,16,22H,2,4,10,12H2,1H3,(H,19,23)/t13?,16-/m0/s1. The minimum atomic E-state index is -0.106. The summed E-state index contributed by atoms with van der Waals surface area (Å²) in [5.41, 5.74) is 2.02. The molecule has 2 amide bonds. The first kappa shape index (κ1) is 15.6. The van der Waals surface area contributed by atoms with Crippen LogP contribution < -0.4 is 5.32 Å². The lowest BCUT2D eigenvalue weighted by atomic mass is 10.1. The van der Waals surface area contributed by atoms with Crippen molar-refractivity contribution in [1.29, 1.82) is 0 Å². The van der Waals surface area contributed by atoms with E-state index in [9.17, 15) is 9.90 Å². The first-order valence-corrected chi connectivity index (χ1v) is 7.97. The molecule has 3 rings (SSSR count). The number of likely N-dealkylation sites (tertiary alicyclic amines) is 1. The van der Waals surface area contributed by atoms with Gasteiger partial charge in [-0.05, 0) is 43.5 Å². The van der Waals surface area contributed by atoms with E-state index in [-0.39, 0.29) is 24.7 Å². The molecule has 1 aromatic carbocycles. The van der Waals surface area contributed by atoms with Gasteiger partial charge in [0, 0.05) is 18.9 Å². The first-order valence-electron chi connectivity index (χ1n) is 7.97. The van der Waals surface area contributed by atoms with Gasteiger partial charge in [0.15, 0.2) is 0 Å². The van der Waals surface area contributed by atoms with Gasteiger partial charge in [0.05, 0.1) is 24.4 Å². The van der Waals surface area contributed by atoms with Crippen LogP contribution in [-0.2, 0) is 0 Å². The van der Waals surface area contributed by atoms with Gasteiger partial charge < -0.3 is 15.3 Å². The molecule has 1 aromatic heterocycles. The smallest absolute Gasteiger partial charge is 0.318 e. The fraction of sp³-hybridized carbons (Fsp3) is 0.412. The quantitative estimate of drug-likeness (QED) is 0.908. The molecule has 1 fully saturated rings. The maximum absolute atomic E-state index is 12.3. The van der Waals surface area contributed by atoms with Gasteiger partial charge in [-0.2, -0.15) is 5.10 Å². The van der Waals surface area contributed by atoms with Gasteiger partial charge in [-0.3, -0.25) is 0 Å². The molecule has 6 nitrogen and oxygen atoms in total.